The van der Waals surface area contributed by atoms with E-state index in [4.69, 9.17) is 0 Å². The van der Waals surface area contributed by atoms with E-state index in [1.54, 1.807) is 23.5 Å². The van der Waals surface area contributed by atoms with E-state index in [1.165, 1.54) is 5.56 Å². The standard InChI is InChI=1S/C18H15N3OS/c1-12-8-9-21(20-12)11-13-2-4-14(5-3-13)18-19-16-7-6-15(22)10-17(16)23-18/h2-10,22H,11H2,1H3. The number of phenols is 1. The molecule has 4 aromatic rings. The van der Waals surface area contributed by atoms with E-state index in [1.807, 2.05) is 29.9 Å². The van der Waals surface area contributed by atoms with E-state index in [0.717, 1.165) is 33.0 Å². The lowest BCUT2D eigenvalue weighted by atomic mass is 10.1. The van der Waals surface area contributed by atoms with Gasteiger partial charge >= 0.3 is 0 Å². The topological polar surface area (TPSA) is 50.9 Å². The van der Waals surface area contributed by atoms with Crippen LogP contribution in [0.2, 0.25) is 0 Å². The Kier molecular flexibility index (Phi) is 3.35. The number of benzene rings is 2. The fourth-order valence-corrected chi connectivity index (χ4v) is 3.53. The molecule has 4 rings (SSSR count). The van der Waals surface area contributed by atoms with Crippen LogP contribution in [0.5, 0.6) is 5.75 Å². The Hall–Kier alpha value is -2.66. The van der Waals surface area contributed by atoms with Gasteiger partial charge < -0.3 is 5.11 Å². The molecular formula is C18H15N3OS. The normalized spacial score (nSPS) is 11.2. The molecule has 2 aromatic carbocycles. The summed E-state index contributed by atoms with van der Waals surface area (Å²) in [4.78, 5) is 4.63. The van der Waals surface area contributed by atoms with Crippen molar-refractivity contribution < 1.29 is 5.11 Å². The Labute approximate surface area is 137 Å². The summed E-state index contributed by atoms with van der Waals surface area (Å²) in [6, 6.07) is 15.7. The summed E-state index contributed by atoms with van der Waals surface area (Å²) in [5.41, 5.74) is 4.24. The van der Waals surface area contributed by atoms with Crippen molar-refractivity contribution in [2.24, 2.45) is 0 Å². The largest absolute Gasteiger partial charge is 0.508 e. The van der Waals surface area contributed by atoms with E-state index in [-0.39, 0.29) is 5.75 Å². The third-order valence-corrected chi connectivity index (χ3v) is 4.76. The Morgan fingerprint density at radius 1 is 1.09 bits per heavy atom. The molecule has 114 valence electrons. The van der Waals surface area contributed by atoms with Crippen LogP contribution in [0.1, 0.15) is 11.3 Å². The second-order valence-corrected chi connectivity index (χ2v) is 6.55. The predicted octanol–water partition coefficient (Wildman–Crippen LogP) is 4.22. The van der Waals surface area contributed by atoms with Gasteiger partial charge in [-0.15, -0.1) is 11.3 Å². The number of aryl methyl sites for hydroxylation is 1. The van der Waals surface area contributed by atoms with E-state index < -0.39 is 0 Å². The molecule has 5 heteroatoms. The molecule has 0 saturated heterocycles. The zero-order valence-corrected chi connectivity index (χ0v) is 13.4. The van der Waals surface area contributed by atoms with Crippen molar-refractivity contribution in [3.8, 4) is 16.3 Å². The van der Waals surface area contributed by atoms with Gasteiger partial charge in [0.2, 0.25) is 0 Å². The number of aromatic nitrogens is 3. The first-order valence-corrected chi connectivity index (χ1v) is 8.18. The Morgan fingerprint density at radius 2 is 1.91 bits per heavy atom. The van der Waals surface area contributed by atoms with Crippen molar-refractivity contribution in [2.45, 2.75) is 13.5 Å². The molecule has 0 fully saturated rings. The first-order chi connectivity index (χ1) is 11.2. The second-order valence-electron chi connectivity index (χ2n) is 5.52. The maximum absolute atomic E-state index is 9.56. The molecule has 0 bridgehead atoms. The number of fused-ring (bicyclic) bond motifs is 1. The van der Waals surface area contributed by atoms with Gasteiger partial charge in [0, 0.05) is 11.8 Å². The average molecular weight is 321 g/mol. The molecular weight excluding hydrogens is 306 g/mol. The third kappa shape index (κ3) is 2.83. The van der Waals surface area contributed by atoms with E-state index in [2.05, 4.69) is 34.3 Å². The molecule has 1 N–H and O–H groups in total. The highest BCUT2D eigenvalue weighted by Crippen LogP contribution is 2.32. The van der Waals surface area contributed by atoms with Crippen molar-refractivity contribution in [1.29, 1.82) is 0 Å². The molecule has 0 atom stereocenters. The van der Waals surface area contributed by atoms with Gasteiger partial charge in [0.05, 0.1) is 22.5 Å². The highest BCUT2D eigenvalue weighted by atomic mass is 32.1. The quantitative estimate of drug-likeness (QED) is 0.614. The van der Waals surface area contributed by atoms with Gasteiger partial charge in [0.25, 0.3) is 0 Å². The summed E-state index contributed by atoms with van der Waals surface area (Å²) in [7, 11) is 0. The highest BCUT2D eigenvalue weighted by molar-refractivity contribution is 7.21. The van der Waals surface area contributed by atoms with Gasteiger partial charge in [-0.1, -0.05) is 24.3 Å². The van der Waals surface area contributed by atoms with E-state index >= 15 is 0 Å². The van der Waals surface area contributed by atoms with E-state index in [0.29, 0.717) is 0 Å². The maximum atomic E-state index is 9.56. The lowest BCUT2D eigenvalue weighted by Crippen LogP contribution is -2.00. The summed E-state index contributed by atoms with van der Waals surface area (Å²) in [6.45, 7) is 2.76. The van der Waals surface area contributed by atoms with E-state index in [9.17, 15) is 5.11 Å². The predicted molar refractivity (Wildman–Crippen MR) is 92.8 cm³/mol. The van der Waals surface area contributed by atoms with Crippen LogP contribution in [0, 0.1) is 6.92 Å². The molecule has 0 aliphatic carbocycles. The smallest absolute Gasteiger partial charge is 0.124 e. The molecule has 0 amide bonds. The zero-order valence-electron chi connectivity index (χ0n) is 12.6. The molecule has 0 saturated carbocycles. The van der Waals surface area contributed by atoms with Gasteiger partial charge in [-0.2, -0.15) is 5.10 Å². The van der Waals surface area contributed by atoms with Crippen LogP contribution in [-0.2, 0) is 6.54 Å². The number of hydrogen-bond donors (Lipinski definition) is 1. The molecule has 0 aliphatic heterocycles. The second kappa shape index (κ2) is 5.52. The monoisotopic (exact) mass is 321 g/mol. The van der Waals surface area contributed by atoms with Gasteiger partial charge in [-0.05, 0) is 36.8 Å². The molecule has 4 nitrogen and oxygen atoms in total. The summed E-state index contributed by atoms with van der Waals surface area (Å²) in [6.07, 6.45) is 1.99. The van der Waals surface area contributed by atoms with Crippen LogP contribution in [0.15, 0.2) is 54.7 Å². The minimum absolute atomic E-state index is 0.276. The van der Waals surface area contributed by atoms with Crippen LogP contribution in [0.3, 0.4) is 0 Å². The Bertz CT molecular complexity index is 970. The summed E-state index contributed by atoms with van der Waals surface area (Å²) < 4.78 is 2.93. The average Bonchev–Trinajstić information content (AvgIpc) is 3.14. The molecule has 23 heavy (non-hydrogen) atoms. The first kappa shape index (κ1) is 14.0. The van der Waals surface area contributed by atoms with Gasteiger partial charge in [0.1, 0.15) is 10.8 Å². The summed E-state index contributed by atoms with van der Waals surface area (Å²) in [5, 5.41) is 14.9. The summed E-state index contributed by atoms with van der Waals surface area (Å²) >= 11 is 1.59. The lowest BCUT2D eigenvalue weighted by Gasteiger charge is -2.03. The van der Waals surface area contributed by atoms with Crippen LogP contribution in [0.4, 0.5) is 0 Å². The lowest BCUT2D eigenvalue weighted by molar-refractivity contribution is 0.476. The highest BCUT2D eigenvalue weighted by Gasteiger charge is 2.07. The molecule has 0 radical (unpaired) electrons. The summed E-state index contributed by atoms with van der Waals surface area (Å²) in [5.74, 6) is 0.276. The van der Waals surface area contributed by atoms with Crippen molar-refractivity contribution in [1.82, 2.24) is 14.8 Å². The molecule has 0 aliphatic rings. The first-order valence-electron chi connectivity index (χ1n) is 7.36. The fourth-order valence-electron chi connectivity index (χ4n) is 2.53. The van der Waals surface area contributed by atoms with Crippen LogP contribution < -0.4 is 0 Å². The van der Waals surface area contributed by atoms with Crippen LogP contribution in [0.25, 0.3) is 20.8 Å². The van der Waals surface area contributed by atoms with Crippen molar-refractivity contribution in [2.75, 3.05) is 0 Å². The van der Waals surface area contributed by atoms with Crippen LogP contribution >= 0.6 is 11.3 Å². The van der Waals surface area contributed by atoms with Gasteiger partial charge in [-0.3, -0.25) is 4.68 Å². The number of nitrogens with zero attached hydrogens (tertiary/aromatic N) is 3. The molecule has 0 unspecified atom stereocenters. The number of rotatable bonds is 3. The number of thiazole rings is 1. The Balaban J connectivity index is 1.61. The minimum Gasteiger partial charge on any atom is -0.508 e. The minimum atomic E-state index is 0.276. The van der Waals surface area contributed by atoms with Gasteiger partial charge in [0.15, 0.2) is 0 Å². The molecule has 0 spiro atoms. The number of hydrogen-bond acceptors (Lipinski definition) is 4. The van der Waals surface area contributed by atoms with Crippen molar-refractivity contribution in [3.63, 3.8) is 0 Å². The fraction of sp³-hybridized carbons (Fsp3) is 0.111. The van der Waals surface area contributed by atoms with Crippen molar-refractivity contribution in [3.05, 3.63) is 66.0 Å². The maximum Gasteiger partial charge on any atom is 0.124 e. The zero-order chi connectivity index (χ0) is 15.8. The molecule has 2 aromatic heterocycles. The molecule has 2 heterocycles. The van der Waals surface area contributed by atoms with Crippen LogP contribution in [-0.4, -0.2) is 19.9 Å². The van der Waals surface area contributed by atoms with Gasteiger partial charge in [-0.25, -0.2) is 4.98 Å². The number of aromatic hydroxyl groups is 1. The number of phenolic OH excluding ortho intramolecular Hbond substituents is 1. The third-order valence-electron chi connectivity index (χ3n) is 3.69. The van der Waals surface area contributed by atoms with Crippen molar-refractivity contribution >= 4 is 21.6 Å². The SMILES string of the molecule is Cc1ccn(Cc2ccc(-c3nc4ccc(O)cc4s3)cc2)n1. The Morgan fingerprint density at radius 3 is 2.65 bits per heavy atom.